The van der Waals surface area contributed by atoms with Gasteiger partial charge >= 0.3 is 5.97 Å². The summed E-state index contributed by atoms with van der Waals surface area (Å²) in [5, 5.41) is 9.19. The predicted octanol–water partition coefficient (Wildman–Crippen LogP) is 2.96. The maximum Gasteiger partial charge on any atom is 0.306 e. The van der Waals surface area contributed by atoms with Crippen molar-refractivity contribution in [3.05, 3.63) is 40.8 Å². The maximum atomic E-state index is 11.2. The molecule has 1 aliphatic heterocycles. The fraction of sp³-hybridized carbons (Fsp3) is 0.286. The summed E-state index contributed by atoms with van der Waals surface area (Å²) in [5.74, 6) is -1.03. The van der Waals surface area contributed by atoms with E-state index < -0.39 is 5.97 Å². The largest absolute Gasteiger partial charge is 0.481 e. The molecule has 4 nitrogen and oxygen atoms in total. The number of nitrogens with zero attached hydrogens (tertiary/aromatic N) is 2. The minimum atomic E-state index is -0.720. The first kappa shape index (κ1) is 12.4. The van der Waals surface area contributed by atoms with E-state index in [1.54, 1.807) is 0 Å². The number of carbonyl (C=O) groups is 1. The minimum absolute atomic E-state index is 0.307. The zero-order valence-electron chi connectivity index (χ0n) is 10.2. The molecule has 1 aromatic heterocycles. The van der Waals surface area contributed by atoms with Crippen molar-refractivity contribution in [3.8, 4) is 11.3 Å². The number of hydrogen-bond acceptors (Lipinski definition) is 2. The molecule has 0 amide bonds. The van der Waals surface area contributed by atoms with Crippen LogP contribution in [-0.2, 0) is 17.8 Å². The van der Waals surface area contributed by atoms with Crippen molar-refractivity contribution in [2.45, 2.75) is 19.4 Å². The SMILES string of the molecule is O=C(O)C1CCn2c(Br)nc(-c3ccccc3)c2C1. The van der Waals surface area contributed by atoms with Crippen molar-refractivity contribution in [1.82, 2.24) is 9.55 Å². The lowest BCUT2D eigenvalue weighted by atomic mass is 9.94. The van der Waals surface area contributed by atoms with Gasteiger partial charge in [0.05, 0.1) is 11.6 Å². The van der Waals surface area contributed by atoms with Gasteiger partial charge in [-0.1, -0.05) is 30.3 Å². The first-order valence-electron chi connectivity index (χ1n) is 6.20. The van der Waals surface area contributed by atoms with Gasteiger partial charge in [-0.25, -0.2) is 4.98 Å². The highest BCUT2D eigenvalue weighted by atomic mass is 79.9. The summed E-state index contributed by atoms with van der Waals surface area (Å²) in [6.45, 7) is 0.701. The van der Waals surface area contributed by atoms with Crippen molar-refractivity contribution >= 4 is 21.9 Å². The number of carboxylic acid groups (broad SMARTS) is 1. The number of halogens is 1. The van der Waals surface area contributed by atoms with Gasteiger partial charge in [0.15, 0.2) is 4.73 Å². The smallest absolute Gasteiger partial charge is 0.306 e. The molecule has 98 valence electrons. The van der Waals surface area contributed by atoms with Crippen molar-refractivity contribution in [2.75, 3.05) is 0 Å². The van der Waals surface area contributed by atoms with Gasteiger partial charge in [0.2, 0.25) is 0 Å². The van der Waals surface area contributed by atoms with Gasteiger partial charge in [0.25, 0.3) is 0 Å². The Labute approximate surface area is 119 Å². The number of hydrogen-bond donors (Lipinski definition) is 1. The molecule has 1 aliphatic rings. The number of imidazole rings is 1. The van der Waals surface area contributed by atoms with Crippen LogP contribution in [0.15, 0.2) is 35.1 Å². The fourth-order valence-corrected chi connectivity index (χ4v) is 3.12. The zero-order valence-corrected chi connectivity index (χ0v) is 11.8. The summed E-state index contributed by atoms with van der Waals surface area (Å²) in [4.78, 5) is 15.7. The third-order valence-corrected chi connectivity index (χ3v) is 4.17. The highest BCUT2D eigenvalue weighted by Gasteiger charge is 2.29. The lowest BCUT2D eigenvalue weighted by molar-refractivity contribution is -0.142. The van der Waals surface area contributed by atoms with Crippen LogP contribution in [0.4, 0.5) is 0 Å². The van der Waals surface area contributed by atoms with E-state index in [9.17, 15) is 9.90 Å². The number of fused-ring (bicyclic) bond motifs is 1. The van der Waals surface area contributed by atoms with E-state index in [0.717, 1.165) is 21.7 Å². The molecular weight excluding hydrogens is 308 g/mol. The first-order chi connectivity index (χ1) is 9.16. The number of rotatable bonds is 2. The average Bonchev–Trinajstić information content (AvgIpc) is 2.77. The maximum absolute atomic E-state index is 11.2. The second-order valence-corrected chi connectivity index (χ2v) is 5.43. The van der Waals surface area contributed by atoms with Crippen molar-refractivity contribution in [3.63, 3.8) is 0 Å². The molecule has 2 heterocycles. The molecule has 1 atom stereocenters. The van der Waals surface area contributed by atoms with Crippen LogP contribution in [0.2, 0.25) is 0 Å². The van der Waals surface area contributed by atoms with Gasteiger partial charge in [0, 0.05) is 24.2 Å². The molecule has 0 aliphatic carbocycles. The second-order valence-electron chi connectivity index (χ2n) is 4.72. The third-order valence-electron chi connectivity index (χ3n) is 3.56. The Kier molecular flexibility index (Phi) is 3.14. The fourth-order valence-electron chi connectivity index (χ4n) is 2.55. The van der Waals surface area contributed by atoms with Crippen molar-refractivity contribution in [2.24, 2.45) is 5.92 Å². The highest BCUT2D eigenvalue weighted by molar-refractivity contribution is 9.10. The van der Waals surface area contributed by atoms with Gasteiger partial charge in [-0.15, -0.1) is 0 Å². The lowest BCUT2D eigenvalue weighted by Crippen LogP contribution is -2.25. The predicted molar refractivity (Wildman–Crippen MR) is 74.8 cm³/mol. The van der Waals surface area contributed by atoms with E-state index in [0.29, 0.717) is 19.4 Å². The minimum Gasteiger partial charge on any atom is -0.481 e. The molecule has 19 heavy (non-hydrogen) atoms. The van der Waals surface area contributed by atoms with Gasteiger partial charge < -0.3 is 9.67 Å². The average molecular weight is 321 g/mol. The van der Waals surface area contributed by atoms with E-state index in [2.05, 4.69) is 25.5 Å². The van der Waals surface area contributed by atoms with E-state index in [-0.39, 0.29) is 5.92 Å². The lowest BCUT2D eigenvalue weighted by Gasteiger charge is -2.21. The van der Waals surface area contributed by atoms with E-state index >= 15 is 0 Å². The Balaban J connectivity index is 2.07. The quantitative estimate of drug-likeness (QED) is 0.925. The molecule has 1 unspecified atom stereocenters. The molecule has 3 rings (SSSR count). The van der Waals surface area contributed by atoms with Crippen LogP contribution >= 0.6 is 15.9 Å². The molecule has 5 heteroatoms. The molecule has 0 spiro atoms. The summed E-state index contributed by atoms with van der Waals surface area (Å²) >= 11 is 3.46. The number of benzene rings is 1. The van der Waals surface area contributed by atoms with Gasteiger partial charge in [0.1, 0.15) is 0 Å². The molecule has 2 aromatic rings. The van der Waals surface area contributed by atoms with Gasteiger partial charge in [-0.3, -0.25) is 4.79 Å². The van der Waals surface area contributed by atoms with Crippen LogP contribution in [0.3, 0.4) is 0 Å². The molecule has 1 N–H and O–H groups in total. The van der Waals surface area contributed by atoms with E-state index in [1.165, 1.54) is 0 Å². The molecule has 0 bridgehead atoms. The van der Waals surface area contributed by atoms with Crippen LogP contribution in [0, 0.1) is 5.92 Å². The Morgan fingerprint density at radius 3 is 2.79 bits per heavy atom. The topological polar surface area (TPSA) is 55.1 Å². The molecule has 0 radical (unpaired) electrons. The highest BCUT2D eigenvalue weighted by Crippen LogP contribution is 2.32. The van der Waals surface area contributed by atoms with Crippen molar-refractivity contribution in [1.29, 1.82) is 0 Å². The van der Waals surface area contributed by atoms with Crippen LogP contribution in [0.25, 0.3) is 11.3 Å². The molecular formula is C14H13BrN2O2. The van der Waals surface area contributed by atoms with E-state index in [4.69, 9.17) is 0 Å². The molecule has 0 saturated carbocycles. The Morgan fingerprint density at radius 1 is 1.37 bits per heavy atom. The number of carboxylic acids is 1. The monoisotopic (exact) mass is 320 g/mol. The zero-order chi connectivity index (χ0) is 13.4. The normalized spacial score (nSPS) is 18.1. The summed E-state index contributed by atoms with van der Waals surface area (Å²) in [7, 11) is 0. The van der Waals surface area contributed by atoms with Crippen LogP contribution in [0.5, 0.6) is 0 Å². The molecule has 0 fully saturated rings. The Bertz CT molecular complexity index is 622. The summed E-state index contributed by atoms with van der Waals surface area (Å²) < 4.78 is 2.85. The second kappa shape index (κ2) is 4.81. The van der Waals surface area contributed by atoms with E-state index in [1.807, 2.05) is 30.3 Å². The van der Waals surface area contributed by atoms with Gasteiger partial charge in [-0.2, -0.15) is 0 Å². The molecule has 1 aromatic carbocycles. The number of aliphatic carboxylic acids is 1. The summed E-state index contributed by atoms with van der Waals surface area (Å²) in [5.41, 5.74) is 2.93. The van der Waals surface area contributed by atoms with Crippen molar-refractivity contribution < 1.29 is 9.90 Å². The van der Waals surface area contributed by atoms with Crippen LogP contribution < -0.4 is 0 Å². The van der Waals surface area contributed by atoms with Crippen LogP contribution in [0.1, 0.15) is 12.1 Å². The molecule has 0 saturated heterocycles. The Morgan fingerprint density at radius 2 is 2.11 bits per heavy atom. The third kappa shape index (κ3) is 2.18. The summed E-state index contributed by atoms with van der Waals surface area (Å²) in [6.07, 6.45) is 1.20. The number of aromatic nitrogens is 2. The Hall–Kier alpha value is -1.62. The van der Waals surface area contributed by atoms with Crippen LogP contribution in [-0.4, -0.2) is 20.6 Å². The standard InChI is InChI=1S/C14H13BrN2O2/c15-14-16-12(9-4-2-1-3-5-9)11-8-10(13(18)19)6-7-17(11)14/h1-5,10H,6-8H2,(H,18,19). The first-order valence-corrected chi connectivity index (χ1v) is 6.99. The summed E-state index contributed by atoms with van der Waals surface area (Å²) in [6, 6.07) is 9.89. The van der Waals surface area contributed by atoms with Gasteiger partial charge in [-0.05, 0) is 22.4 Å².